The fourth-order valence-corrected chi connectivity index (χ4v) is 0. The van der Waals surface area contributed by atoms with Crippen molar-refractivity contribution in [2.45, 2.75) is 27.7 Å². The normalized spacial score (nSPS) is 7.33. The second-order valence-electron chi connectivity index (χ2n) is 2.08. The maximum absolute atomic E-state index is 2.81. The molecular weight excluding hydrogens is 336 g/mol. The molecule has 0 aromatic carbocycles. The Labute approximate surface area is 83.4 Å². The molecule has 9 heavy (non-hydrogen) atoms. The summed E-state index contributed by atoms with van der Waals surface area (Å²) in [6, 6.07) is 0. The van der Waals surface area contributed by atoms with Crippen LogP contribution in [-0.2, 0) is 0 Å². The van der Waals surface area contributed by atoms with Gasteiger partial charge in [-0.1, -0.05) is 0 Å². The van der Waals surface area contributed by atoms with Gasteiger partial charge in [-0.3, -0.25) is 6.54 Å². The van der Waals surface area contributed by atoms with Gasteiger partial charge in [0, 0.05) is 0 Å². The van der Waals surface area contributed by atoms with Crippen molar-refractivity contribution in [3.8, 4) is 0 Å². The van der Waals surface area contributed by atoms with Gasteiger partial charge in [-0.2, -0.15) is 27.7 Å². The zero-order chi connectivity index (χ0) is 6.99. The maximum Gasteiger partial charge on any atom is 2.00 e. The standard InChI is InChI=1S/C4H9.C3H8N.U/c1-4(2)3;1-3-4-2;/h1-3H3;3-4H,1-2H3;/q2*-1;+2. The van der Waals surface area contributed by atoms with Crippen LogP contribution in [0.15, 0.2) is 0 Å². The Morgan fingerprint density at radius 3 is 1.33 bits per heavy atom. The van der Waals surface area contributed by atoms with Crippen molar-refractivity contribution in [2.24, 2.45) is 0 Å². The molecule has 0 bridgehead atoms. The van der Waals surface area contributed by atoms with Crippen molar-refractivity contribution in [2.75, 3.05) is 7.05 Å². The molecule has 0 fully saturated rings. The Morgan fingerprint density at radius 1 is 1.22 bits per heavy atom. The third kappa shape index (κ3) is 109. The summed E-state index contributed by atoms with van der Waals surface area (Å²) < 4.78 is 0. The summed E-state index contributed by atoms with van der Waals surface area (Å²) >= 11 is 0. The first-order chi connectivity index (χ1) is 3.65. The number of rotatable bonds is 1. The minimum absolute atomic E-state index is 0. The molecule has 0 saturated heterocycles. The molecule has 0 amide bonds. The third-order valence-electron chi connectivity index (χ3n) is 0.289. The van der Waals surface area contributed by atoms with Gasteiger partial charge in [-0.05, 0) is 7.05 Å². The van der Waals surface area contributed by atoms with E-state index in [0.717, 1.165) is 0 Å². The largest absolute Gasteiger partial charge is 2.00 e. The van der Waals surface area contributed by atoms with Gasteiger partial charge >= 0.3 is 31.1 Å². The van der Waals surface area contributed by atoms with Gasteiger partial charge in [0.05, 0.1) is 0 Å². The van der Waals surface area contributed by atoms with E-state index < -0.39 is 0 Å². The van der Waals surface area contributed by atoms with Crippen molar-refractivity contribution >= 4 is 0 Å². The van der Waals surface area contributed by atoms with Crippen LogP contribution in [0.3, 0.4) is 0 Å². The fraction of sp³-hybridized carbons (Fsp3) is 0.714. The molecule has 0 spiro atoms. The van der Waals surface area contributed by atoms with E-state index in [2.05, 4.69) is 26.1 Å². The van der Waals surface area contributed by atoms with E-state index in [1.54, 1.807) is 0 Å². The Bertz CT molecular complexity index is 25.3. The Morgan fingerprint density at radius 2 is 1.33 bits per heavy atom. The van der Waals surface area contributed by atoms with Crippen LogP contribution in [0.1, 0.15) is 27.7 Å². The molecule has 0 radical (unpaired) electrons. The smallest absolute Gasteiger partial charge is 0.473 e. The van der Waals surface area contributed by atoms with E-state index >= 15 is 0 Å². The van der Waals surface area contributed by atoms with E-state index in [-0.39, 0.29) is 31.1 Å². The van der Waals surface area contributed by atoms with Gasteiger partial charge < -0.3 is 11.2 Å². The molecule has 0 aliphatic rings. The molecule has 0 aromatic rings. The molecule has 54 valence electrons. The molecule has 1 N–H and O–H groups in total. The van der Waals surface area contributed by atoms with Crippen LogP contribution in [-0.4, -0.2) is 7.05 Å². The van der Waals surface area contributed by atoms with E-state index in [1.807, 2.05) is 20.5 Å². The van der Waals surface area contributed by atoms with Gasteiger partial charge in [0.1, 0.15) is 0 Å². The zero-order valence-corrected chi connectivity index (χ0v) is 11.2. The summed E-state index contributed by atoms with van der Waals surface area (Å²) in [6.45, 7) is 10.1. The van der Waals surface area contributed by atoms with Gasteiger partial charge in [-0.25, -0.2) is 0 Å². The quantitative estimate of drug-likeness (QED) is 0.712. The topological polar surface area (TPSA) is 12.0 Å². The van der Waals surface area contributed by atoms with Crippen molar-refractivity contribution in [3.63, 3.8) is 0 Å². The van der Waals surface area contributed by atoms with Gasteiger partial charge in [0.25, 0.3) is 0 Å². The summed E-state index contributed by atoms with van der Waals surface area (Å²) in [6.07, 6.45) is 0. The summed E-state index contributed by atoms with van der Waals surface area (Å²) in [5, 5.41) is 2.81. The molecule has 0 atom stereocenters. The Balaban J connectivity index is -0.0000000720. The third-order valence-corrected chi connectivity index (χ3v) is 0.289. The minimum atomic E-state index is 0. The minimum Gasteiger partial charge on any atom is -0.473 e. The van der Waals surface area contributed by atoms with Crippen molar-refractivity contribution in [1.29, 1.82) is 0 Å². The second-order valence-corrected chi connectivity index (χ2v) is 2.08. The van der Waals surface area contributed by atoms with Crippen LogP contribution >= 0.6 is 0 Å². The van der Waals surface area contributed by atoms with Crippen LogP contribution in [0.25, 0.3) is 0 Å². The molecule has 0 aliphatic heterocycles. The van der Waals surface area contributed by atoms with Gasteiger partial charge in [-0.15, -0.1) is 0 Å². The summed E-state index contributed by atoms with van der Waals surface area (Å²) in [5.41, 5.74) is 0. The monoisotopic (exact) mass is 353 g/mol. The predicted molar refractivity (Wildman–Crippen MR) is 39.3 cm³/mol. The average molecular weight is 353 g/mol. The first-order valence-electron chi connectivity index (χ1n) is 2.87. The van der Waals surface area contributed by atoms with E-state index in [1.165, 1.54) is 5.92 Å². The maximum atomic E-state index is 2.81. The van der Waals surface area contributed by atoms with E-state index in [0.29, 0.717) is 0 Å². The van der Waals surface area contributed by atoms with Crippen LogP contribution in [0.5, 0.6) is 0 Å². The first-order valence-corrected chi connectivity index (χ1v) is 2.87. The zero-order valence-electron chi connectivity index (χ0n) is 7.08. The molecule has 0 aliphatic carbocycles. The summed E-state index contributed by atoms with van der Waals surface area (Å²) in [4.78, 5) is 0. The summed E-state index contributed by atoms with van der Waals surface area (Å²) in [5.74, 6) is 1.42. The molecule has 0 heterocycles. The van der Waals surface area contributed by atoms with Crippen LogP contribution in [0.4, 0.5) is 0 Å². The predicted octanol–water partition coefficient (Wildman–Crippen LogP) is 2.01. The van der Waals surface area contributed by atoms with E-state index in [4.69, 9.17) is 0 Å². The van der Waals surface area contributed by atoms with Gasteiger partial charge in [0.2, 0.25) is 0 Å². The van der Waals surface area contributed by atoms with Crippen molar-refractivity contribution in [3.05, 3.63) is 12.5 Å². The van der Waals surface area contributed by atoms with Crippen LogP contribution in [0.2, 0.25) is 0 Å². The molecule has 1 nitrogen and oxygen atoms in total. The number of hydrogen-bond donors (Lipinski definition) is 1. The van der Waals surface area contributed by atoms with E-state index in [9.17, 15) is 0 Å². The molecule has 2 heteroatoms. The average Bonchev–Trinajstić information content (AvgIpc) is 1.65. The molecular formula is C7H17NU. The Kier molecular flexibility index (Phi) is 29.4. The molecule has 0 aromatic heterocycles. The summed E-state index contributed by atoms with van der Waals surface area (Å²) in [7, 11) is 1.88. The molecule has 0 saturated carbocycles. The SMILES string of the molecule is C[C-](C)C.C[CH-]NC.[U+2]. The van der Waals surface area contributed by atoms with Crippen molar-refractivity contribution < 1.29 is 31.1 Å². The van der Waals surface area contributed by atoms with Crippen molar-refractivity contribution in [1.82, 2.24) is 5.32 Å². The first kappa shape index (κ1) is 16.5. The number of nitrogens with one attached hydrogen (secondary N) is 1. The van der Waals surface area contributed by atoms with Gasteiger partial charge in [0.15, 0.2) is 0 Å². The molecule has 0 rings (SSSR count). The van der Waals surface area contributed by atoms with Crippen LogP contribution < -0.4 is 5.32 Å². The second kappa shape index (κ2) is 16.0. The molecule has 0 unspecified atom stereocenters. The Hall–Kier alpha value is 1.01. The number of hydrogen-bond acceptors (Lipinski definition) is 1. The van der Waals surface area contributed by atoms with Crippen LogP contribution in [0, 0.1) is 43.6 Å². The fourth-order valence-electron chi connectivity index (χ4n) is 0.